The van der Waals surface area contributed by atoms with E-state index in [9.17, 15) is 23.1 Å². The minimum absolute atomic E-state index is 0.0302. The predicted octanol–water partition coefficient (Wildman–Crippen LogP) is 4.53. The van der Waals surface area contributed by atoms with Gasteiger partial charge in [-0.25, -0.2) is 18.4 Å². The van der Waals surface area contributed by atoms with Crippen LogP contribution in [0.2, 0.25) is 0 Å². The van der Waals surface area contributed by atoms with Crippen molar-refractivity contribution in [2.75, 3.05) is 5.32 Å². The molecule has 2 heterocycles. The maximum Gasteiger partial charge on any atom is 0.335 e. The molecular weight excluding hydrogens is 546 g/mol. The molecule has 0 bridgehead atoms. The third kappa shape index (κ3) is 5.78. The van der Waals surface area contributed by atoms with E-state index < -0.39 is 21.9 Å². The lowest BCUT2D eigenvalue weighted by atomic mass is 10.0. The summed E-state index contributed by atoms with van der Waals surface area (Å²) in [5.74, 6) is -0.857. The standard InChI is InChI=1S/C29H25N5O6S/c1-16-26(17(2)40-34-16)19-8-11-23-25(13-19)31-15-24(27(23)33-21-5-3-4-20(12-21)29(36)37)28(35)32-14-18-6-9-22(10-7-18)41(30,38)39/h3-13,15H,14H2,1-2H3,(H,31,33)(H,32,35)(H,36,37)(H2,30,38,39). The van der Waals surface area contributed by atoms with Crippen LogP contribution in [0, 0.1) is 13.8 Å². The molecule has 5 rings (SSSR count). The molecule has 0 radical (unpaired) electrons. The number of anilines is 2. The molecule has 0 atom stereocenters. The smallest absolute Gasteiger partial charge is 0.335 e. The lowest BCUT2D eigenvalue weighted by Gasteiger charge is -2.16. The van der Waals surface area contributed by atoms with Crippen molar-refractivity contribution in [3.05, 3.63) is 101 Å². The molecule has 0 spiro atoms. The van der Waals surface area contributed by atoms with E-state index in [1.807, 2.05) is 32.0 Å². The zero-order valence-corrected chi connectivity index (χ0v) is 22.8. The van der Waals surface area contributed by atoms with Crippen molar-refractivity contribution in [2.45, 2.75) is 25.3 Å². The summed E-state index contributed by atoms with van der Waals surface area (Å²) < 4.78 is 28.4. The summed E-state index contributed by atoms with van der Waals surface area (Å²) in [6.45, 7) is 3.79. The molecular formula is C29H25N5O6S. The summed E-state index contributed by atoms with van der Waals surface area (Å²) in [5, 5.41) is 25.3. The third-order valence-corrected chi connectivity index (χ3v) is 7.45. The molecule has 0 aliphatic carbocycles. The van der Waals surface area contributed by atoms with Gasteiger partial charge in [-0.1, -0.05) is 35.5 Å². The minimum Gasteiger partial charge on any atom is -0.478 e. The highest BCUT2D eigenvalue weighted by atomic mass is 32.2. The number of sulfonamides is 1. The van der Waals surface area contributed by atoms with Crippen LogP contribution in [0.1, 0.15) is 37.7 Å². The van der Waals surface area contributed by atoms with Crippen LogP contribution in [-0.2, 0) is 16.6 Å². The number of aromatic nitrogens is 2. The lowest BCUT2D eigenvalue weighted by molar-refractivity contribution is 0.0696. The Morgan fingerprint density at radius 1 is 1.02 bits per heavy atom. The topological polar surface area (TPSA) is 178 Å². The minimum atomic E-state index is -3.83. The van der Waals surface area contributed by atoms with E-state index in [1.165, 1.54) is 30.5 Å². The first-order valence-corrected chi connectivity index (χ1v) is 13.9. The highest BCUT2D eigenvalue weighted by Crippen LogP contribution is 2.34. The van der Waals surface area contributed by atoms with Gasteiger partial charge in [-0.05, 0) is 61.4 Å². The molecule has 0 saturated heterocycles. The van der Waals surface area contributed by atoms with Crippen LogP contribution in [0.15, 0.2) is 82.3 Å². The number of amides is 1. The number of carbonyl (C=O) groups excluding carboxylic acids is 1. The van der Waals surface area contributed by atoms with Gasteiger partial charge in [0.2, 0.25) is 10.0 Å². The maximum atomic E-state index is 13.4. The van der Waals surface area contributed by atoms with Gasteiger partial charge in [0.15, 0.2) is 0 Å². The fraction of sp³-hybridized carbons (Fsp3) is 0.103. The second-order valence-corrected chi connectivity index (χ2v) is 10.9. The first-order chi connectivity index (χ1) is 19.5. The van der Waals surface area contributed by atoms with Crippen LogP contribution >= 0.6 is 0 Å². The fourth-order valence-corrected chi connectivity index (χ4v) is 5.02. The third-order valence-electron chi connectivity index (χ3n) is 6.52. The molecule has 0 aliphatic heterocycles. The normalized spacial score (nSPS) is 11.4. The highest BCUT2D eigenvalue weighted by Gasteiger charge is 2.19. The number of nitrogens with two attached hydrogens (primary N) is 1. The van der Waals surface area contributed by atoms with E-state index in [1.54, 1.807) is 24.3 Å². The Bertz CT molecular complexity index is 1900. The molecule has 41 heavy (non-hydrogen) atoms. The number of carbonyl (C=O) groups is 2. The van der Waals surface area contributed by atoms with Gasteiger partial charge in [0.1, 0.15) is 5.76 Å². The monoisotopic (exact) mass is 571 g/mol. The van der Waals surface area contributed by atoms with E-state index in [4.69, 9.17) is 9.66 Å². The average molecular weight is 572 g/mol. The van der Waals surface area contributed by atoms with Crippen LogP contribution < -0.4 is 15.8 Å². The number of fused-ring (bicyclic) bond motifs is 1. The molecule has 0 unspecified atom stereocenters. The van der Waals surface area contributed by atoms with Gasteiger partial charge in [-0.15, -0.1) is 0 Å². The van der Waals surface area contributed by atoms with E-state index in [0.717, 1.165) is 16.8 Å². The molecule has 5 N–H and O–H groups in total. The number of primary sulfonamides is 1. The highest BCUT2D eigenvalue weighted by molar-refractivity contribution is 7.89. The Balaban J connectivity index is 1.52. The van der Waals surface area contributed by atoms with Crippen molar-refractivity contribution in [1.82, 2.24) is 15.5 Å². The molecule has 11 nitrogen and oxygen atoms in total. The van der Waals surface area contributed by atoms with E-state index in [0.29, 0.717) is 33.6 Å². The summed E-state index contributed by atoms with van der Waals surface area (Å²) in [4.78, 5) is 29.5. The SMILES string of the molecule is Cc1noc(C)c1-c1ccc2c(Nc3cccc(C(=O)O)c3)c(C(=O)NCc3ccc(S(N)(=O)=O)cc3)cnc2c1. The van der Waals surface area contributed by atoms with Gasteiger partial charge in [-0.2, -0.15) is 0 Å². The number of nitrogens with one attached hydrogen (secondary N) is 2. The van der Waals surface area contributed by atoms with Crippen molar-refractivity contribution < 1.29 is 27.6 Å². The molecule has 2 aromatic heterocycles. The van der Waals surface area contributed by atoms with Crippen LogP contribution in [0.3, 0.4) is 0 Å². The van der Waals surface area contributed by atoms with Crippen molar-refractivity contribution in [3.8, 4) is 11.1 Å². The molecule has 0 aliphatic rings. The van der Waals surface area contributed by atoms with Crippen LogP contribution in [0.4, 0.5) is 11.4 Å². The fourth-order valence-electron chi connectivity index (χ4n) is 4.50. The summed E-state index contributed by atoms with van der Waals surface area (Å²) in [6, 6.07) is 17.7. The molecule has 1 amide bonds. The molecule has 12 heteroatoms. The van der Waals surface area contributed by atoms with E-state index >= 15 is 0 Å². The molecule has 5 aromatic rings. The van der Waals surface area contributed by atoms with Crippen LogP contribution in [0.5, 0.6) is 0 Å². The van der Waals surface area contributed by atoms with Crippen LogP contribution in [-0.4, -0.2) is 35.5 Å². The Morgan fingerprint density at radius 2 is 1.78 bits per heavy atom. The second-order valence-electron chi connectivity index (χ2n) is 9.36. The number of rotatable bonds is 8. The first kappa shape index (κ1) is 27.5. The van der Waals surface area contributed by atoms with Gasteiger partial charge in [0.05, 0.1) is 32.9 Å². The van der Waals surface area contributed by atoms with Gasteiger partial charge >= 0.3 is 5.97 Å². The van der Waals surface area contributed by atoms with Crippen molar-refractivity contribution in [2.24, 2.45) is 5.14 Å². The Kier molecular flexibility index (Phi) is 7.26. The summed E-state index contributed by atoms with van der Waals surface area (Å²) in [6.07, 6.45) is 1.45. The summed E-state index contributed by atoms with van der Waals surface area (Å²) in [5.41, 5.74) is 4.91. The Labute approximate surface area is 235 Å². The predicted molar refractivity (Wildman–Crippen MR) is 152 cm³/mol. The number of hydrogen-bond donors (Lipinski definition) is 4. The Hall–Kier alpha value is -5.07. The van der Waals surface area contributed by atoms with Gasteiger partial charge in [0, 0.05) is 29.4 Å². The number of aromatic carboxylic acids is 1. The quantitative estimate of drug-likeness (QED) is 0.208. The van der Waals surface area contributed by atoms with E-state index in [-0.39, 0.29) is 22.6 Å². The molecule has 208 valence electrons. The first-order valence-electron chi connectivity index (χ1n) is 12.4. The number of aryl methyl sites for hydroxylation is 2. The summed E-state index contributed by atoms with van der Waals surface area (Å²) in [7, 11) is -3.83. The molecule has 0 fully saturated rings. The molecule has 3 aromatic carbocycles. The number of nitrogens with zero attached hydrogens (tertiary/aromatic N) is 2. The number of benzene rings is 3. The molecule has 0 saturated carbocycles. The zero-order valence-electron chi connectivity index (χ0n) is 22.0. The number of carboxylic acid groups (broad SMARTS) is 1. The van der Waals surface area contributed by atoms with Gasteiger partial charge in [-0.3, -0.25) is 9.78 Å². The van der Waals surface area contributed by atoms with Crippen LogP contribution in [0.25, 0.3) is 22.0 Å². The summed E-state index contributed by atoms with van der Waals surface area (Å²) >= 11 is 0. The second kappa shape index (κ2) is 10.8. The number of hydrogen-bond acceptors (Lipinski definition) is 8. The maximum absolute atomic E-state index is 13.4. The van der Waals surface area contributed by atoms with Crippen molar-refractivity contribution in [1.29, 1.82) is 0 Å². The van der Waals surface area contributed by atoms with Crippen molar-refractivity contribution in [3.63, 3.8) is 0 Å². The lowest BCUT2D eigenvalue weighted by Crippen LogP contribution is -2.24. The van der Waals surface area contributed by atoms with Crippen molar-refractivity contribution >= 4 is 44.2 Å². The largest absolute Gasteiger partial charge is 0.478 e. The van der Waals surface area contributed by atoms with Gasteiger partial charge in [0.25, 0.3) is 5.91 Å². The van der Waals surface area contributed by atoms with Gasteiger partial charge < -0.3 is 20.3 Å². The number of pyridine rings is 1. The van der Waals surface area contributed by atoms with E-state index in [2.05, 4.69) is 20.8 Å². The average Bonchev–Trinajstić information content (AvgIpc) is 3.28. The Morgan fingerprint density at radius 3 is 2.44 bits per heavy atom. The zero-order chi connectivity index (χ0) is 29.3. The number of carboxylic acids is 1.